The number of rotatable bonds is 1. The molecule has 2 rings (SSSR count). The first-order chi connectivity index (χ1) is 6.58. The summed E-state index contributed by atoms with van der Waals surface area (Å²) in [7, 11) is 0. The molecule has 14 heavy (non-hydrogen) atoms. The minimum Gasteiger partial charge on any atom is -0.475 e. The summed E-state index contributed by atoms with van der Waals surface area (Å²) in [6.45, 7) is 3.63. The van der Waals surface area contributed by atoms with E-state index in [1.54, 1.807) is 6.92 Å². The lowest BCUT2D eigenvalue weighted by atomic mass is 10.3. The van der Waals surface area contributed by atoms with Gasteiger partial charge in [0.05, 0.1) is 6.20 Å². The third kappa shape index (κ3) is 1.20. The minimum atomic E-state index is -1.17. The van der Waals surface area contributed by atoms with Crippen LogP contribution in [0.3, 0.4) is 0 Å². The number of carbonyl (C=O) groups is 1. The first kappa shape index (κ1) is 8.61. The number of hydrogen-bond donors (Lipinski definition) is 1. The van der Waals surface area contributed by atoms with Gasteiger partial charge < -0.3 is 5.11 Å². The highest BCUT2D eigenvalue weighted by molar-refractivity contribution is 5.83. The number of hydrogen-bond acceptors (Lipinski definition) is 4. The summed E-state index contributed by atoms with van der Waals surface area (Å²) < 4.78 is 1.24. The summed E-state index contributed by atoms with van der Waals surface area (Å²) >= 11 is 0. The molecule has 0 bridgehead atoms. The number of carboxylic acid groups (broad SMARTS) is 1. The number of nitrogens with zero attached hydrogens (tertiary/aromatic N) is 4. The lowest BCUT2D eigenvalue weighted by Crippen LogP contribution is -1.99. The largest absolute Gasteiger partial charge is 0.475 e. The van der Waals surface area contributed by atoms with Crippen LogP contribution < -0.4 is 0 Å². The van der Waals surface area contributed by atoms with Gasteiger partial charge in [-0.15, -0.1) is 5.10 Å². The maximum absolute atomic E-state index is 10.6. The molecule has 0 aliphatic rings. The Balaban J connectivity index is 2.72. The summed E-state index contributed by atoms with van der Waals surface area (Å²) in [4.78, 5) is 18.4. The van der Waals surface area contributed by atoms with Crippen LogP contribution in [0.5, 0.6) is 0 Å². The van der Waals surface area contributed by atoms with E-state index < -0.39 is 5.97 Å². The smallest absolute Gasteiger partial charge is 0.375 e. The van der Waals surface area contributed by atoms with Crippen molar-refractivity contribution in [3.05, 3.63) is 23.3 Å². The molecule has 0 atom stereocenters. The second-order valence-corrected chi connectivity index (χ2v) is 2.89. The van der Waals surface area contributed by atoms with E-state index in [1.165, 1.54) is 4.52 Å². The molecule has 6 nitrogen and oxygen atoms in total. The van der Waals surface area contributed by atoms with Crippen LogP contribution in [0.1, 0.15) is 21.9 Å². The van der Waals surface area contributed by atoms with Crippen molar-refractivity contribution in [3.63, 3.8) is 0 Å². The SMILES string of the molecule is Cc1[c]n2nc(C(=O)O)nc2nc1C. The average Bonchev–Trinajstić information content (AvgIpc) is 2.48. The third-order valence-corrected chi connectivity index (χ3v) is 1.87. The third-order valence-electron chi connectivity index (χ3n) is 1.87. The van der Waals surface area contributed by atoms with Crippen LogP contribution in [0.2, 0.25) is 0 Å². The number of aromatic carboxylic acids is 1. The van der Waals surface area contributed by atoms with E-state index in [2.05, 4.69) is 21.3 Å². The Hall–Kier alpha value is -1.98. The molecule has 1 radical (unpaired) electrons. The lowest BCUT2D eigenvalue weighted by molar-refractivity contribution is 0.0684. The molecule has 71 valence electrons. The molecular formula is C8H7N4O2. The molecule has 0 aliphatic carbocycles. The fourth-order valence-corrected chi connectivity index (χ4v) is 1.02. The number of fused-ring (bicyclic) bond motifs is 1. The van der Waals surface area contributed by atoms with Crippen LogP contribution in [0, 0.1) is 20.0 Å². The van der Waals surface area contributed by atoms with Gasteiger partial charge >= 0.3 is 5.97 Å². The predicted molar refractivity (Wildman–Crippen MR) is 46.1 cm³/mol. The van der Waals surface area contributed by atoms with Crippen molar-refractivity contribution in [2.45, 2.75) is 13.8 Å². The Bertz CT molecular complexity index is 478. The lowest BCUT2D eigenvalue weighted by Gasteiger charge is -1.95. The molecule has 0 aliphatic heterocycles. The van der Waals surface area contributed by atoms with E-state index in [4.69, 9.17) is 5.11 Å². The molecule has 2 aromatic rings. The molecule has 0 spiro atoms. The molecular weight excluding hydrogens is 184 g/mol. The average molecular weight is 191 g/mol. The van der Waals surface area contributed by atoms with Crippen molar-refractivity contribution in [2.75, 3.05) is 0 Å². The van der Waals surface area contributed by atoms with Crippen molar-refractivity contribution >= 4 is 11.7 Å². The van der Waals surface area contributed by atoms with Crippen LogP contribution in [-0.2, 0) is 0 Å². The van der Waals surface area contributed by atoms with Crippen molar-refractivity contribution in [1.29, 1.82) is 0 Å². The topological polar surface area (TPSA) is 80.4 Å². The highest BCUT2D eigenvalue weighted by atomic mass is 16.4. The maximum Gasteiger partial charge on any atom is 0.375 e. The highest BCUT2D eigenvalue weighted by Crippen LogP contribution is 2.04. The van der Waals surface area contributed by atoms with E-state index in [0.717, 1.165) is 11.3 Å². The zero-order valence-electron chi connectivity index (χ0n) is 7.64. The van der Waals surface area contributed by atoms with Gasteiger partial charge in [-0.25, -0.2) is 9.78 Å². The molecule has 1 N–H and O–H groups in total. The molecule has 0 aromatic carbocycles. The summed E-state index contributed by atoms with van der Waals surface area (Å²) in [5.41, 5.74) is 1.58. The van der Waals surface area contributed by atoms with Crippen LogP contribution in [0.4, 0.5) is 0 Å². The standard InChI is InChI=1S/C8H7N4O2/c1-4-3-12-8(9-5(4)2)10-6(11-12)7(13)14/h1-2H3,(H,13,14). The molecule has 0 amide bonds. The number of aromatic nitrogens is 4. The Morgan fingerprint density at radius 1 is 1.43 bits per heavy atom. The molecule has 0 fully saturated rings. The summed E-state index contributed by atoms with van der Waals surface area (Å²) in [5.74, 6) is -1.18. The Morgan fingerprint density at radius 2 is 2.14 bits per heavy atom. The maximum atomic E-state index is 10.6. The van der Waals surface area contributed by atoms with Gasteiger partial charge in [0.1, 0.15) is 0 Å². The Morgan fingerprint density at radius 3 is 2.79 bits per heavy atom. The monoisotopic (exact) mass is 191 g/mol. The van der Waals surface area contributed by atoms with Crippen molar-refractivity contribution in [1.82, 2.24) is 19.6 Å². The second-order valence-electron chi connectivity index (χ2n) is 2.89. The fourth-order valence-electron chi connectivity index (χ4n) is 1.02. The van der Waals surface area contributed by atoms with E-state index in [1.807, 2.05) is 6.92 Å². The molecule has 6 heteroatoms. The number of carboxylic acids is 1. The van der Waals surface area contributed by atoms with E-state index in [9.17, 15) is 4.79 Å². The quantitative estimate of drug-likeness (QED) is 0.698. The zero-order valence-corrected chi connectivity index (χ0v) is 7.64. The molecule has 0 unspecified atom stereocenters. The predicted octanol–water partition coefficient (Wildman–Crippen LogP) is 0.240. The van der Waals surface area contributed by atoms with Crippen LogP contribution in [0.15, 0.2) is 0 Å². The van der Waals surface area contributed by atoms with Gasteiger partial charge in [-0.3, -0.25) is 0 Å². The minimum absolute atomic E-state index is 0.255. The van der Waals surface area contributed by atoms with E-state index >= 15 is 0 Å². The van der Waals surface area contributed by atoms with Crippen molar-refractivity contribution in [2.24, 2.45) is 0 Å². The van der Waals surface area contributed by atoms with Gasteiger partial charge in [-0.2, -0.15) is 9.50 Å². The normalized spacial score (nSPS) is 10.7. The zero-order chi connectivity index (χ0) is 10.3. The number of aryl methyl sites for hydroxylation is 2. The fraction of sp³-hybridized carbons (Fsp3) is 0.250. The first-order valence-electron chi connectivity index (χ1n) is 3.94. The second kappa shape index (κ2) is 2.76. The van der Waals surface area contributed by atoms with Crippen molar-refractivity contribution < 1.29 is 9.90 Å². The molecule has 0 saturated carbocycles. The first-order valence-corrected chi connectivity index (χ1v) is 3.94. The van der Waals surface area contributed by atoms with Crippen LogP contribution >= 0.6 is 0 Å². The van der Waals surface area contributed by atoms with Gasteiger partial charge in [0, 0.05) is 5.69 Å². The van der Waals surface area contributed by atoms with Crippen LogP contribution in [0.25, 0.3) is 5.78 Å². The Kier molecular flexibility index (Phi) is 1.70. The van der Waals surface area contributed by atoms with Crippen LogP contribution in [-0.4, -0.2) is 30.7 Å². The van der Waals surface area contributed by atoms with E-state index in [0.29, 0.717) is 0 Å². The van der Waals surface area contributed by atoms with Gasteiger partial charge in [0.25, 0.3) is 11.6 Å². The van der Waals surface area contributed by atoms with E-state index in [-0.39, 0.29) is 11.6 Å². The molecule has 2 aromatic heterocycles. The molecule has 2 heterocycles. The Labute approximate surface area is 79.2 Å². The van der Waals surface area contributed by atoms with Crippen molar-refractivity contribution in [3.8, 4) is 0 Å². The summed E-state index contributed by atoms with van der Waals surface area (Å²) in [6.07, 6.45) is 2.85. The molecule has 0 saturated heterocycles. The van der Waals surface area contributed by atoms with Gasteiger partial charge in [0.15, 0.2) is 0 Å². The summed E-state index contributed by atoms with van der Waals surface area (Å²) in [5, 5.41) is 12.3. The highest BCUT2D eigenvalue weighted by Gasteiger charge is 2.12. The van der Waals surface area contributed by atoms with Gasteiger partial charge in [-0.05, 0) is 19.4 Å². The summed E-state index contributed by atoms with van der Waals surface area (Å²) in [6, 6.07) is 0. The van der Waals surface area contributed by atoms with Gasteiger partial charge in [0.2, 0.25) is 0 Å². The van der Waals surface area contributed by atoms with Gasteiger partial charge in [-0.1, -0.05) is 0 Å².